The van der Waals surface area contributed by atoms with Crippen LogP contribution >= 0.6 is 11.8 Å². The Hall–Kier alpha value is -1.29. The molecule has 1 aliphatic heterocycles. The maximum Gasteiger partial charge on any atom is 0.135 e. The Morgan fingerprint density at radius 2 is 1.09 bits per heavy atom. The van der Waals surface area contributed by atoms with Crippen LogP contribution < -0.4 is 0 Å². The third-order valence-electron chi connectivity index (χ3n) is 5.01. The first-order chi connectivity index (χ1) is 11.1. The number of rotatable bonds is 4. The van der Waals surface area contributed by atoms with Gasteiger partial charge in [0.15, 0.2) is 0 Å². The van der Waals surface area contributed by atoms with Crippen LogP contribution in [0.4, 0.5) is 0 Å². The van der Waals surface area contributed by atoms with E-state index in [2.05, 4.69) is 13.8 Å². The fourth-order valence-electron chi connectivity index (χ4n) is 3.87. The van der Waals surface area contributed by atoms with Gasteiger partial charge < -0.3 is 10.2 Å². The van der Waals surface area contributed by atoms with Gasteiger partial charge in [-0.15, -0.1) is 11.8 Å². The highest BCUT2D eigenvalue weighted by atomic mass is 32.2. The highest BCUT2D eigenvalue weighted by Gasteiger charge is 2.65. The molecule has 2 aromatic rings. The average molecular weight is 328 g/mol. The molecule has 0 bridgehead atoms. The molecule has 1 heterocycles. The van der Waals surface area contributed by atoms with Crippen molar-refractivity contribution in [1.82, 2.24) is 0 Å². The second-order valence-corrected chi connectivity index (χ2v) is 7.60. The summed E-state index contributed by atoms with van der Waals surface area (Å²) >= 11 is 1.71. The van der Waals surface area contributed by atoms with Crippen LogP contribution in [0.15, 0.2) is 60.7 Å². The monoisotopic (exact) mass is 328 g/mol. The van der Waals surface area contributed by atoms with E-state index in [4.69, 9.17) is 0 Å². The molecule has 0 amide bonds. The van der Waals surface area contributed by atoms with Crippen LogP contribution in [0.3, 0.4) is 0 Å². The molecule has 4 atom stereocenters. The Morgan fingerprint density at radius 1 is 0.739 bits per heavy atom. The first-order valence-corrected chi connectivity index (χ1v) is 9.24. The molecule has 3 heteroatoms. The molecule has 2 nitrogen and oxygen atoms in total. The highest BCUT2D eigenvalue weighted by Crippen LogP contribution is 2.60. The highest BCUT2D eigenvalue weighted by molar-refractivity contribution is 8.01. The number of aliphatic hydroxyl groups is 2. The van der Waals surface area contributed by atoms with Crippen LogP contribution in [0.1, 0.15) is 37.8 Å². The van der Waals surface area contributed by atoms with E-state index in [1.807, 2.05) is 60.7 Å². The van der Waals surface area contributed by atoms with Gasteiger partial charge in [-0.1, -0.05) is 74.5 Å². The van der Waals surface area contributed by atoms with Crippen LogP contribution in [0.25, 0.3) is 0 Å². The van der Waals surface area contributed by atoms with Gasteiger partial charge in [0.05, 0.1) is 0 Å². The molecule has 1 saturated heterocycles. The van der Waals surface area contributed by atoms with Gasteiger partial charge in [0.1, 0.15) is 11.2 Å². The zero-order valence-corrected chi connectivity index (χ0v) is 14.5. The molecule has 122 valence electrons. The van der Waals surface area contributed by atoms with Gasteiger partial charge in [-0.3, -0.25) is 0 Å². The molecule has 2 aromatic carbocycles. The molecule has 1 fully saturated rings. The normalized spacial score (nSPS) is 33.7. The van der Waals surface area contributed by atoms with Crippen LogP contribution in [0, 0.1) is 0 Å². The van der Waals surface area contributed by atoms with E-state index < -0.39 is 11.2 Å². The average Bonchev–Trinajstić information content (AvgIpc) is 2.85. The second-order valence-electron chi connectivity index (χ2n) is 6.19. The molecule has 0 aliphatic carbocycles. The lowest BCUT2D eigenvalue weighted by atomic mass is 9.69. The molecular formula is C20H24O2S. The number of hydrogen-bond donors (Lipinski definition) is 2. The predicted molar refractivity (Wildman–Crippen MR) is 96.4 cm³/mol. The molecule has 0 saturated carbocycles. The number of hydrogen-bond acceptors (Lipinski definition) is 3. The molecule has 0 spiro atoms. The van der Waals surface area contributed by atoms with Crippen LogP contribution in [0.2, 0.25) is 0 Å². The fraction of sp³-hybridized carbons (Fsp3) is 0.400. The largest absolute Gasteiger partial charge is 0.381 e. The molecule has 2 N–H and O–H groups in total. The van der Waals surface area contributed by atoms with Crippen molar-refractivity contribution in [2.24, 2.45) is 0 Å². The predicted octanol–water partition coefficient (Wildman–Crippen LogP) is 4.07. The molecular weight excluding hydrogens is 304 g/mol. The number of thioether (sulfide) groups is 1. The summed E-state index contributed by atoms with van der Waals surface area (Å²) in [6, 6.07) is 19.3. The molecule has 0 radical (unpaired) electrons. The van der Waals surface area contributed by atoms with Gasteiger partial charge >= 0.3 is 0 Å². The van der Waals surface area contributed by atoms with Gasteiger partial charge in [0, 0.05) is 10.5 Å². The molecule has 4 unspecified atom stereocenters. The minimum atomic E-state index is -1.30. The third kappa shape index (κ3) is 2.34. The van der Waals surface area contributed by atoms with E-state index in [-0.39, 0.29) is 10.5 Å². The molecule has 0 aromatic heterocycles. The number of benzene rings is 2. The maximum atomic E-state index is 11.8. The minimum Gasteiger partial charge on any atom is -0.381 e. The first-order valence-electron chi connectivity index (χ1n) is 8.30. The summed E-state index contributed by atoms with van der Waals surface area (Å²) in [5, 5.41) is 23.6. The van der Waals surface area contributed by atoms with E-state index in [0.29, 0.717) is 0 Å². The minimum absolute atomic E-state index is 0.0416. The molecule has 23 heavy (non-hydrogen) atoms. The van der Waals surface area contributed by atoms with Crippen molar-refractivity contribution in [3.8, 4) is 0 Å². The zero-order chi connectivity index (χ0) is 16.5. The van der Waals surface area contributed by atoms with Crippen LogP contribution in [-0.2, 0) is 11.2 Å². The van der Waals surface area contributed by atoms with Gasteiger partial charge in [-0.05, 0) is 24.0 Å². The van der Waals surface area contributed by atoms with Gasteiger partial charge in [0.25, 0.3) is 0 Å². The van der Waals surface area contributed by atoms with E-state index in [1.54, 1.807) is 11.8 Å². The van der Waals surface area contributed by atoms with Gasteiger partial charge in [-0.2, -0.15) is 0 Å². The Kier molecular flexibility index (Phi) is 4.54. The van der Waals surface area contributed by atoms with Crippen LogP contribution in [0.5, 0.6) is 0 Å². The summed E-state index contributed by atoms with van der Waals surface area (Å²) in [7, 11) is 0. The van der Waals surface area contributed by atoms with Crippen molar-refractivity contribution in [1.29, 1.82) is 0 Å². The van der Waals surface area contributed by atoms with E-state index >= 15 is 0 Å². The summed E-state index contributed by atoms with van der Waals surface area (Å²) in [6.45, 7) is 4.16. The van der Waals surface area contributed by atoms with Gasteiger partial charge in [-0.25, -0.2) is 0 Å². The summed E-state index contributed by atoms with van der Waals surface area (Å²) in [5.74, 6) is 0. The van der Waals surface area contributed by atoms with Crippen molar-refractivity contribution in [3.05, 3.63) is 71.8 Å². The zero-order valence-electron chi connectivity index (χ0n) is 13.6. The van der Waals surface area contributed by atoms with Crippen molar-refractivity contribution >= 4 is 11.8 Å². The second kappa shape index (κ2) is 6.31. The Morgan fingerprint density at radius 3 is 1.39 bits per heavy atom. The van der Waals surface area contributed by atoms with Crippen molar-refractivity contribution in [3.63, 3.8) is 0 Å². The summed E-state index contributed by atoms with van der Waals surface area (Å²) < 4.78 is 0. The topological polar surface area (TPSA) is 40.5 Å². The molecule has 3 rings (SSSR count). The lowest BCUT2D eigenvalue weighted by Gasteiger charge is -2.43. The van der Waals surface area contributed by atoms with Crippen molar-refractivity contribution in [2.75, 3.05) is 0 Å². The van der Waals surface area contributed by atoms with E-state index in [0.717, 1.165) is 24.0 Å². The standard InChI is InChI=1S/C20H24O2S/c1-3-17-19(21,15-11-7-5-8-12-15)20(22,18(4-2)23-17)16-13-9-6-10-14-16/h5-14,17-18,21-22H,3-4H2,1-2H3. The first kappa shape index (κ1) is 16.6. The summed E-state index contributed by atoms with van der Waals surface area (Å²) in [4.78, 5) is 0. The summed E-state index contributed by atoms with van der Waals surface area (Å²) in [6.07, 6.45) is 1.61. The lowest BCUT2D eigenvalue weighted by molar-refractivity contribution is -0.157. The van der Waals surface area contributed by atoms with E-state index in [9.17, 15) is 10.2 Å². The van der Waals surface area contributed by atoms with Crippen LogP contribution in [-0.4, -0.2) is 20.7 Å². The third-order valence-corrected chi connectivity index (χ3v) is 7.02. The van der Waals surface area contributed by atoms with Gasteiger partial charge in [0.2, 0.25) is 0 Å². The van der Waals surface area contributed by atoms with E-state index in [1.165, 1.54) is 0 Å². The lowest BCUT2D eigenvalue weighted by Crippen LogP contribution is -2.54. The Balaban J connectivity index is 2.24. The fourth-order valence-corrected chi connectivity index (χ4v) is 5.67. The van der Waals surface area contributed by atoms with Crippen molar-refractivity contribution < 1.29 is 10.2 Å². The smallest absolute Gasteiger partial charge is 0.135 e. The Labute approximate surface area is 142 Å². The maximum absolute atomic E-state index is 11.8. The van der Waals surface area contributed by atoms with Crippen molar-refractivity contribution in [2.45, 2.75) is 48.4 Å². The SMILES string of the molecule is CCC1SC(CC)C(O)(c2ccccc2)C1(O)c1ccccc1. The molecule has 1 aliphatic rings. The Bertz CT molecular complexity index is 588. The quantitative estimate of drug-likeness (QED) is 0.889. The summed E-state index contributed by atoms with van der Waals surface area (Å²) in [5.41, 5.74) is -1.01.